The predicted molar refractivity (Wildman–Crippen MR) is 195 cm³/mol. The Hall–Kier alpha value is -6.88. The van der Waals surface area contributed by atoms with E-state index < -0.39 is 0 Å². The van der Waals surface area contributed by atoms with E-state index >= 15 is 0 Å². The van der Waals surface area contributed by atoms with Gasteiger partial charge in [0.05, 0.1) is 51.0 Å². The molecule has 9 aromatic rings. The number of hydrogen-bond acceptors (Lipinski definition) is 2. The molecule has 0 saturated heterocycles. The fourth-order valence-corrected chi connectivity index (χ4v) is 7.35. The molecular weight excluding hydrogens is 585 g/mol. The van der Waals surface area contributed by atoms with Crippen LogP contribution >= 0.6 is 0 Å². The van der Waals surface area contributed by atoms with Crippen molar-refractivity contribution in [3.05, 3.63) is 169 Å². The summed E-state index contributed by atoms with van der Waals surface area (Å²) in [7, 11) is 0. The molecule has 2 aromatic heterocycles. The number of nitriles is 2. The second kappa shape index (κ2) is 10.9. The predicted octanol–water partition coefficient (Wildman–Crippen LogP) is 11.0. The molecule has 0 amide bonds. The molecule has 0 N–H and O–H groups in total. The highest BCUT2D eigenvalue weighted by atomic mass is 15.0. The maximum Gasteiger partial charge on any atom is 0.0998 e. The summed E-state index contributed by atoms with van der Waals surface area (Å²) in [6.45, 7) is 0. The number of benzene rings is 7. The normalized spacial score (nSPS) is 11.3. The van der Waals surface area contributed by atoms with Crippen molar-refractivity contribution in [1.29, 1.82) is 10.5 Å². The highest BCUT2D eigenvalue weighted by molar-refractivity contribution is 6.12. The van der Waals surface area contributed by atoms with E-state index in [0.717, 1.165) is 66.5 Å². The number of nitrogens with zero attached hydrogens (tertiary/aromatic N) is 4. The van der Waals surface area contributed by atoms with Gasteiger partial charge in [-0.1, -0.05) is 97.1 Å². The van der Waals surface area contributed by atoms with Gasteiger partial charge in [-0.3, -0.25) is 0 Å². The van der Waals surface area contributed by atoms with Crippen LogP contribution in [0.4, 0.5) is 0 Å². The van der Waals surface area contributed by atoms with Crippen molar-refractivity contribution in [1.82, 2.24) is 9.13 Å². The first-order valence-corrected chi connectivity index (χ1v) is 15.9. The number of fused-ring (bicyclic) bond motifs is 6. The molecule has 9 rings (SSSR count). The van der Waals surface area contributed by atoms with Crippen molar-refractivity contribution < 1.29 is 0 Å². The molecule has 0 saturated carbocycles. The summed E-state index contributed by atoms with van der Waals surface area (Å²) < 4.78 is 4.54. The summed E-state index contributed by atoms with van der Waals surface area (Å²) in [5.41, 5.74) is 11.5. The SMILES string of the molecule is N#Cc1ccc(-n2c3ccccc3c3ccccc32)cc1-c1cccc(-c2ccccc2-n2c3ccccc3c3c(C#N)cccc32)c1. The molecule has 7 aromatic carbocycles. The first-order chi connectivity index (χ1) is 23.7. The summed E-state index contributed by atoms with van der Waals surface area (Å²) in [6.07, 6.45) is 0. The highest BCUT2D eigenvalue weighted by Gasteiger charge is 2.18. The molecule has 0 aliphatic carbocycles. The largest absolute Gasteiger partial charge is 0.309 e. The lowest BCUT2D eigenvalue weighted by atomic mass is 9.95. The number of rotatable bonds is 4. The van der Waals surface area contributed by atoms with Gasteiger partial charge in [0, 0.05) is 38.4 Å². The molecule has 0 radical (unpaired) electrons. The van der Waals surface area contributed by atoms with Crippen molar-refractivity contribution in [2.75, 3.05) is 0 Å². The zero-order valence-electron chi connectivity index (χ0n) is 25.8. The molecule has 4 heteroatoms. The standard InChI is InChI=1S/C44H26N4/c45-27-31-23-24-33(47-40-19-6-2-15-35(40)36-16-3-7-20-41(36)47)26-38(31)30-12-9-11-29(25-30)34-14-1-5-18-39(34)48-42-21-8-4-17-37(42)44-32(28-46)13-10-22-43(44)48/h1-26H. The van der Waals surface area contributed by atoms with Crippen LogP contribution in [0.3, 0.4) is 0 Å². The van der Waals surface area contributed by atoms with Gasteiger partial charge < -0.3 is 9.13 Å². The Balaban J connectivity index is 1.24. The zero-order valence-corrected chi connectivity index (χ0v) is 25.8. The topological polar surface area (TPSA) is 57.4 Å². The lowest BCUT2D eigenvalue weighted by molar-refractivity contribution is 1.18. The Morgan fingerprint density at radius 1 is 0.396 bits per heavy atom. The molecule has 2 heterocycles. The molecular formula is C44H26N4. The third-order valence-electron chi connectivity index (χ3n) is 9.41. The highest BCUT2D eigenvalue weighted by Crippen LogP contribution is 2.39. The van der Waals surface area contributed by atoms with Crippen LogP contribution in [0, 0.1) is 22.7 Å². The van der Waals surface area contributed by atoms with E-state index in [9.17, 15) is 10.5 Å². The fourth-order valence-electron chi connectivity index (χ4n) is 7.35. The lowest BCUT2D eigenvalue weighted by Crippen LogP contribution is -1.98. The Bertz CT molecular complexity index is 2760. The third kappa shape index (κ3) is 4.07. The van der Waals surface area contributed by atoms with Crippen molar-refractivity contribution in [2.45, 2.75) is 0 Å². The second-order valence-electron chi connectivity index (χ2n) is 12.0. The summed E-state index contributed by atoms with van der Waals surface area (Å²) in [6, 6.07) is 58.9. The van der Waals surface area contributed by atoms with E-state index in [2.05, 4.69) is 143 Å². The van der Waals surface area contributed by atoms with Crippen LogP contribution in [0.5, 0.6) is 0 Å². The van der Waals surface area contributed by atoms with Crippen LogP contribution in [0.15, 0.2) is 158 Å². The Morgan fingerprint density at radius 2 is 0.958 bits per heavy atom. The number of para-hydroxylation sites is 4. The maximum absolute atomic E-state index is 10.3. The molecule has 222 valence electrons. The van der Waals surface area contributed by atoms with Crippen molar-refractivity contribution in [3.63, 3.8) is 0 Å². The Kier molecular flexibility index (Phi) is 6.22. The molecule has 0 spiro atoms. The summed E-state index contributed by atoms with van der Waals surface area (Å²) in [5, 5.41) is 24.7. The van der Waals surface area contributed by atoms with E-state index in [0.29, 0.717) is 11.1 Å². The minimum Gasteiger partial charge on any atom is -0.309 e. The minimum atomic E-state index is 0.622. The van der Waals surface area contributed by atoms with Gasteiger partial charge >= 0.3 is 0 Å². The number of aromatic nitrogens is 2. The van der Waals surface area contributed by atoms with Gasteiger partial charge in [0.25, 0.3) is 0 Å². The van der Waals surface area contributed by atoms with E-state index in [4.69, 9.17) is 0 Å². The first-order valence-electron chi connectivity index (χ1n) is 15.9. The minimum absolute atomic E-state index is 0.622. The van der Waals surface area contributed by atoms with Gasteiger partial charge in [0.1, 0.15) is 0 Å². The van der Waals surface area contributed by atoms with E-state index in [1.54, 1.807) is 0 Å². The Labute approximate surface area is 277 Å². The second-order valence-corrected chi connectivity index (χ2v) is 12.0. The van der Waals surface area contributed by atoms with Gasteiger partial charge in [-0.05, 0) is 71.8 Å². The van der Waals surface area contributed by atoms with Crippen LogP contribution in [-0.2, 0) is 0 Å². The average Bonchev–Trinajstić information content (AvgIpc) is 3.68. The molecule has 0 aliphatic rings. The van der Waals surface area contributed by atoms with Gasteiger partial charge in [-0.25, -0.2) is 0 Å². The van der Waals surface area contributed by atoms with Crippen LogP contribution < -0.4 is 0 Å². The lowest BCUT2D eigenvalue weighted by Gasteiger charge is -2.16. The molecule has 0 unspecified atom stereocenters. The van der Waals surface area contributed by atoms with Gasteiger partial charge in [-0.15, -0.1) is 0 Å². The first kappa shape index (κ1) is 27.4. The molecule has 0 atom stereocenters. The quantitative estimate of drug-likeness (QED) is 0.199. The van der Waals surface area contributed by atoms with Crippen molar-refractivity contribution in [2.24, 2.45) is 0 Å². The van der Waals surface area contributed by atoms with Crippen LogP contribution in [0.2, 0.25) is 0 Å². The summed E-state index contributed by atoms with van der Waals surface area (Å²) in [5.74, 6) is 0. The zero-order chi connectivity index (χ0) is 32.2. The third-order valence-corrected chi connectivity index (χ3v) is 9.41. The molecule has 0 fully saturated rings. The molecule has 48 heavy (non-hydrogen) atoms. The molecule has 0 aliphatic heterocycles. The van der Waals surface area contributed by atoms with Crippen LogP contribution in [-0.4, -0.2) is 9.13 Å². The smallest absolute Gasteiger partial charge is 0.0998 e. The molecule has 0 bridgehead atoms. The van der Waals surface area contributed by atoms with Gasteiger partial charge in [-0.2, -0.15) is 10.5 Å². The molecule has 4 nitrogen and oxygen atoms in total. The van der Waals surface area contributed by atoms with Crippen LogP contribution in [0.1, 0.15) is 11.1 Å². The fraction of sp³-hybridized carbons (Fsp3) is 0. The van der Waals surface area contributed by atoms with Crippen molar-refractivity contribution >= 4 is 43.6 Å². The summed E-state index contributed by atoms with van der Waals surface area (Å²) in [4.78, 5) is 0. The van der Waals surface area contributed by atoms with Gasteiger partial charge in [0.15, 0.2) is 0 Å². The van der Waals surface area contributed by atoms with E-state index in [1.807, 2.05) is 36.4 Å². The number of hydrogen-bond donors (Lipinski definition) is 0. The van der Waals surface area contributed by atoms with E-state index in [-0.39, 0.29) is 0 Å². The monoisotopic (exact) mass is 610 g/mol. The van der Waals surface area contributed by atoms with Gasteiger partial charge in [0.2, 0.25) is 0 Å². The van der Waals surface area contributed by atoms with Crippen molar-refractivity contribution in [3.8, 4) is 45.8 Å². The Morgan fingerprint density at radius 3 is 1.67 bits per heavy atom. The van der Waals surface area contributed by atoms with E-state index in [1.165, 1.54) is 10.8 Å². The maximum atomic E-state index is 10.3. The summed E-state index contributed by atoms with van der Waals surface area (Å²) >= 11 is 0. The average molecular weight is 611 g/mol. The van der Waals surface area contributed by atoms with Crippen LogP contribution in [0.25, 0.3) is 77.2 Å².